The molecule has 0 atom stereocenters. The highest BCUT2D eigenvalue weighted by Crippen LogP contribution is 2.30. The van der Waals surface area contributed by atoms with Crippen molar-refractivity contribution in [2.24, 2.45) is 0 Å². The van der Waals surface area contributed by atoms with Gasteiger partial charge in [0, 0.05) is 29.7 Å². The Kier molecular flexibility index (Phi) is 4.70. The first-order chi connectivity index (χ1) is 13.0. The van der Waals surface area contributed by atoms with Gasteiger partial charge in [-0.15, -0.1) is 11.3 Å². The Balaban J connectivity index is 1.56. The molecular weight excluding hydrogens is 406 g/mol. The summed E-state index contributed by atoms with van der Waals surface area (Å²) in [5.41, 5.74) is 2.17. The lowest BCUT2D eigenvalue weighted by atomic mass is 10.1. The number of ether oxygens (including phenoxy) is 1. The molecule has 3 heterocycles. The van der Waals surface area contributed by atoms with Crippen LogP contribution in [0, 0.1) is 0 Å². The number of imidazole rings is 1. The van der Waals surface area contributed by atoms with Crippen molar-refractivity contribution in [3.8, 4) is 11.3 Å². The fourth-order valence-electron chi connectivity index (χ4n) is 2.72. The molecule has 1 aromatic carbocycles. The van der Waals surface area contributed by atoms with Gasteiger partial charge in [0.1, 0.15) is 9.77 Å². The number of carbonyl (C=O) groups excluding carboxylic acids is 1. The van der Waals surface area contributed by atoms with Crippen LogP contribution in [0.15, 0.2) is 52.0 Å². The fourth-order valence-corrected chi connectivity index (χ4v) is 6.06. The standard InChI is InChI=1S/C17H15N3O4S3/c1-24-16(21)15-14(6-8-25-15)27(22,23)19-12-4-2-11(3-5-12)13-10-20-7-9-26-17(20)18-13/h2-6,8,10,19H,7,9H2,1H3. The van der Waals surface area contributed by atoms with Gasteiger partial charge in [0.2, 0.25) is 0 Å². The molecular formula is C17H15N3O4S3. The Labute approximate surface area is 164 Å². The van der Waals surface area contributed by atoms with Gasteiger partial charge in [0.05, 0.1) is 12.8 Å². The van der Waals surface area contributed by atoms with E-state index in [-0.39, 0.29) is 9.77 Å². The molecule has 1 aliphatic heterocycles. The highest BCUT2D eigenvalue weighted by molar-refractivity contribution is 7.99. The molecule has 0 fully saturated rings. The Morgan fingerprint density at radius 3 is 2.74 bits per heavy atom. The van der Waals surface area contributed by atoms with Gasteiger partial charge in [-0.05, 0) is 23.6 Å². The SMILES string of the molecule is COC(=O)c1sccc1S(=O)(=O)Nc1ccc(-c2cn3c(n2)SCC3)cc1. The van der Waals surface area contributed by atoms with Crippen molar-refractivity contribution >= 4 is 44.8 Å². The van der Waals surface area contributed by atoms with Crippen LogP contribution < -0.4 is 4.72 Å². The van der Waals surface area contributed by atoms with Crippen LogP contribution in [0.3, 0.4) is 0 Å². The van der Waals surface area contributed by atoms with Crippen molar-refractivity contribution in [2.45, 2.75) is 16.6 Å². The van der Waals surface area contributed by atoms with Crippen LogP contribution in [0.25, 0.3) is 11.3 Å². The normalized spacial score (nSPS) is 13.4. The Morgan fingerprint density at radius 2 is 2.04 bits per heavy atom. The van der Waals surface area contributed by atoms with Crippen molar-refractivity contribution in [2.75, 3.05) is 17.6 Å². The number of rotatable bonds is 5. The lowest BCUT2D eigenvalue weighted by Crippen LogP contribution is -2.15. The number of aromatic nitrogens is 2. The number of methoxy groups -OCH3 is 1. The van der Waals surface area contributed by atoms with Crippen molar-refractivity contribution in [3.05, 3.63) is 46.8 Å². The smallest absolute Gasteiger partial charge is 0.349 e. The molecule has 1 N–H and O–H groups in total. The Hall–Kier alpha value is -2.30. The molecule has 4 rings (SSSR count). The van der Waals surface area contributed by atoms with E-state index < -0.39 is 16.0 Å². The van der Waals surface area contributed by atoms with E-state index in [1.54, 1.807) is 29.3 Å². The van der Waals surface area contributed by atoms with Crippen molar-refractivity contribution in [1.82, 2.24) is 9.55 Å². The van der Waals surface area contributed by atoms with Gasteiger partial charge >= 0.3 is 5.97 Å². The van der Waals surface area contributed by atoms with E-state index >= 15 is 0 Å². The van der Waals surface area contributed by atoms with Gasteiger partial charge in [-0.1, -0.05) is 23.9 Å². The summed E-state index contributed by atoms with van der Waals surface area (Å²) in [5, 5.41) is 2.54. The number of thiophene rings is 1. The monoisotopic (exact) mass is 421 g/mol. The molecule has 0 radical (unpaired) electrons. The van der Waals surface area contributed by atoms with Crippen LogP contribution >= 0.6 is 23.1 Å². The Bertz CT molecular complexity index is 1080. The van der Waals surface area contributed by atoms with Crippen molar-refractivity contribution in [3.63, 3.8) is 0 Å². The van der Waals surface area contributed by atoms with Crippen LogP contribution in [-0.4, -0.2) is 36.8 Å². The average Bonchev–Trinajstić information content (AvgIpc) is 3.37. The summed E-state index contributed by atoms with van der Waals surface area (Å²) in [5.74, 6) is 0.367. The summed E-state index contributed by atoms with van der Waals surface area (Å²) in [4.78, 5) is 16.3. The quantitative estimate of drug-likeness (QED) is 0.636. The number of anilines is 1. The molecule has 27 heavy (non-hydrogen) atoms. The molecule has 7 nitrogen and oxygen atoms in total. The van der Waals surface area contributed by atoms with E-state index in [9.17, 15) is 13.2 Å². The van der Waals surface area contributed by atoms with Gasteiger partial charge in [-0.3, -0.25) is 4.72 Å². The minimum atomic E-state index is -3.89. The molecule has 0 bridgehead atoms. The summed E-state index contributed by atoms with van der Waals surface area (Å²) in [6, 6.07) is 8.37. The molecule has 10 heteroatoms. The lowest BCUT2D eigenvalue weighted by molar-refractivity contribution is 0.0602. The third-order valence-corrected chi connectivity index (χ3v) is 7.44. The topological polar surface area (TPSA) is 90.3 Å². The first kappa shape index (κ1) is 18.1. The Morgan fingerprint density at radius 1 is 1.26 bits per heavy atom. The maximum atomic E-state index is 12.6. The first-order valence-corrected chi connectivity index (χ1v) is 11.3. The highest BCUT2D eigenvalue weighted by atomic mass is 32.2. The number of thioether (sulfide) groups is 1. The van der Waals surface area contributed by atoms with Crippen LogP contribution in [-0.2, 0) is 21.3 Å². The zero-order chi connectivity index (χ0) is 19.0. The number of hydrogen-bond acceptors (Lipinski definition) is 7. The molecule has 3 aromatic rings. The first-order valence-electron chi connectivity index (χ1n) is 7.97. The average molecular weight is 422 g/mol. The number of benzene rings is 1. The molecule has 0 saturated heterocycles. The molecule has 0 saturated carbocycles. The second-order valence-electron chi connectivity index (χ2n) is 5.74. The van der Waals surface area contributed by atoms with Crippen LogP contribution in [0.5, 0.6) is 0 Å². The van der Waals surface area contributed by atoms with Gasteiger partial charge in [0.25, 0.3) is 10.0 Å². The molecule has 140 valence electrons. The summed E-state index contributed by atoms with van der Waals surface area (Å²) >= 11 is 2.75. The minimum absolute atomic E-state index is 0.0478. The fraction of sp³-hybridized carbons (Fsp3) is 0.176. The number of carbonyl (C=O) groups is 1. The van der Waals surface area contributed by atoms with Gasteiger partial charge < -0.3 is 9.30 Å². The summed E-state index contributed by atoms with van der Waals surface area (Å²) in [6.45, 7) is 0.952. The molecule has 1 aliphatic rings. The number of sulfonamides is 1. The second-order valence-corrected chi connectivity index (χ2v) is 9.37. The van der Waals surface area contributed by atoms with E-state index in [0.717, 1.165) is 40.0 Å². The predicted octanol–water partition coefficient (Wildman–Crippen LogP) is 3.30. The van der Waals surface area contributed by atoms with Crippen LogP contribution in [0.2, 0.25) is 0 Å². The number of fused-ring (bicyclic) bond motifs is 1. The number of hydrogen-bond donors (Lipinski definition) is 1. The van der Waals surface area contributed by atoms with Crippen molar-refractivity contribution < 1.29 is 17.9 Å². The third-order valence-electron chi connectivity index (χ3n) is 4.03. The van der Waals surface area contributed by atoms with Crippen LogP contribution in [0.4, 0.5) is 5.69 Å². The summed E-state index contributed by atoms with van der Waals surface area (Å²) in [7, 11) is -2.68. The van der Waals surface area contributed by atoms with E-state index in [0.29, 0.717) is 5.69 Å². The zero-order valence-electron chi connectivity index (χ0n) is 14.2. The zero-order valence-corrected chi connectivity index (χ0v) is 16.7. The van der Waals surface area contributed by atoms with Gasteiger partial charge in [-0.2, -0.15) is 0 Å². The maximum absolute atomic E-state index is 12.6. The second kappa shape index (κ2) is 7.02. The number of nitrogens with zero attached hydrogens (tertiary/aromatic N) is 2. The molecule has 0 unspecified atom stereocenters. The summed E-state index contributed by atoms with van der Waals surface area (Å²) < 4.78 is 34.5. The maximum Gasteiger partial charge on any atom is 0.349 e. The van der Waals surface area contributed by atoms with E-state index in [4.69, 9.17) is 0 Å². The number of aryl methyl sites for hydroxylation is 1. The summed E-state index contributed by atoms with van der Waals surface area (Å²) in [6.07, 6.45) is 2.00. The van der Waals surface area contributed by atoms with E-state index in [1.165, 1.54) is 13.2 Å². The highest BCUT2D eigenvalue weighted by Gasteiger charge is 2.24. The van der Waals surface area contributed by atoms with E-state index in [2.05, 4.69) is 19.0 Å². The molecule has 0 aliphatic carbocycles. The van der Waals surface area contributed by atoms with Crippen LogP contribution in [0.1, 0.15) is 9.67 Å². The minimum Gasteiger partial charge on any atom is -0.465 e. The molecule has 2 aromatic heterocycles. The van der Waals surface area contributed by atoms with Crippen molar-refractivity contribution in [1.29, 1.82) is 0 Å². The molecule has 0 spiro atoms. The predicted molar refractivity (Wildman–Crippen MR) is 105 cm³/mol. The van der Waals surface area contributed by atoms with E-state index in [1.807, 2.05) is 18.3 Å². The molecule has 0 amide bonds. The number of nitrogens with one attached hydrogen (secondary N) is 1. The third kappa shape index (κ3) is 3.47. The van der Waals surface area contributed by atoms with Gasteiger partial charge in [-0.25, -0.2) is 18.2 Å². The lowest BCUT2D eigenvalue weighted by Gasteiger charge is -2.09. The van der Waals surface area contributed by atoms with Gasteiger partial charge in [0.15, 0.2) is 5.16 Å². The largest absolute Gasteiger partial charge is 0.465 e. The number of esters is 1.